The number of piperazine rings is 1. The third-order valence-electron chi connectivity index (χ3n) is 5.74. The van der Waals surface area contributed by atoms with Crippen molar-refractivity contribution < 1.29 is 0 Å². The molecule has 1 aliphatic rings. The van der Waals surface area contributed by atoms with Gasteiger partial charge in [0.25, 0.3) is 0 Å². The number of hydrogen-bond donors (Lipinski definition) is 0. The van der Waals surface area contributed by atoms with Crippen LogP contribution in [0.5, 0.6) is 0 Å². The minimum absolute atomic E-state index is 0.909. The summed E-state index contributed by atoms with van der Waals surface area (Å²) in [7, 11) is 0. The summed E-state index contributed by atoms with van der Waals surface area (Å²) in [6, 6.07) is 10.9. The largest absolute Gasteiger partial charge is 0.351 e. The van der Waals surface area contributed by atoms with E-state index in [0.717, 1.165) is 55.4 Å². The monoisotopic (exact) mass is 398 g/mol. The fraction of sp³-hybridized carbons (Fsp3) is 0.292. The first-order valence-corrected chi connectivity index (χ1v) is 10.4. The van der Waals surface area contributed by atoms with E-state index in [-0.39, 0.29) is 0 Å². The summed E-state index contributed by atoms with van der Waals surface area (Å²) in [5, 5.41) is 0. The summed E-state index contributed by atoms with van der Waals surface area (Å²) >= 11 is 0. The quantitative estimate of drug-likeness (QED) is 0.524. The minimum Gasteiger partial charge on any atom is -0.351 e. The highest BCUT2D eigenvalue weighted by Crippen LogP contribution is 2.25. The molecule has 0 saturated carbocycles. The van der Waals surface area contributed by atoms with E-state index in [1.807, 2.05) is 43.1 Å². The van der Waals surface area contributed by atoms with Gasteiger partial charge in [-0.05, 0) is 31.5 Å². The normalized spacial score (nSPS) is 15.1. The number of aromatic nitrogens is 4. The lowest BCUT2D eigenvalue weighted by Crippen LogP contribution is -2.46. The maximum atomic E-state index is 4.70. The van der Waals surface area contributed by atoms with Crippen molar-refractivity contribution in [2.45, 2.75) is 20.4 Å². The standard InChI is InChI=1S/C24H26N6/c1-18-13-19(2)15-20(14-18)17-28-9-11-29(12-10-28)23-24-27-16-22(30(24)8-7-26-23)21-3-5-25-6-4-21/h3-8,13-16H,9-12,17H2,1-2H3. The molecule has 5 rings (SSSR count). The van der Waals surface area contributed by atoms with Crippen molar-refractivity contribution in [3.05, 3.63) is 78.0 Å². The highest BCUT2D eigenvalue weighted by molar-refractivity contribution is 5.71. The van der Waals surface area contributed by atoms with E-state index in [9.17, 15) is 0 Å². The molecular formula is C24H26N6. The van der Waals surface area contributed by atoms with E-state index >= 15 is 0 Å². The topological polar surface area (TPSA) is 49.6 Å². The van der Waals surface area contributed by atoms with Crippen LogP contribution in [-0.4, -0.2) is 50.4 Å². The van der Waals surface area contributed by atoms with Crippen LogP contribution in [0.4, 0.5) is 5.82 Å². The Kier molecular flexibility index (Phi) is 4.93. The molecule has 3 aromatic heterocycles. The minimum atomic E-state index is 0.909. The Bertz CT molecular complexity index is 1140. The first-order chi connectivity index (χ1) is 14.7. The number of hydrogen-bond acceptors (Lipinski definition) is 5. The van der Waals surface area contributed by atoms with Gasteiger partial charge in [0.15, 0.2) is 11.5 Å². The highest BCUT2D eigenvalue weighted by Gasteiger charge is 2.21. The fourth-order valence-electron chi connectivity index (χ4n) is 4.40. The lowest BCUT2D eigenvalue weighted by molar-refractivity contribution is 0.249. The molecule has 152 valence electrons. The second-order valence-electron chi connectivity index (χ2n) is 8.08. The number of anilines is 1. The van der Waals surface area contributed by atoms with Gasteiger partial charge in [-0.25, -0.2) is 9.97 Å². The van der Waals surface area contributed by atoms with Gasteiger partial charge < -0.3 is 4.90 Å². The van der Waals surface area contributed by atoms with Gasteiger partial charge in [-0.3, -0.25) is 14.3 Å². The molecule has 6 heteroatoms. The van der Waals surface area contributed by atoms with Crippen molar-refractivity contribution in [3.63, 3.8) is 0 Å². The summed E-state index contributed by atoms with van der Waals surface area (Å²) in [6.45, 7) is 9.30. The maximum Gasteiger partial charge on any atom is 0.180 e. The summed E-state index contributed by atoms with van der Waals surface area (Å²) in [4.78, 5) is 18.4. The van der Waals surface area contributed by atoms with Crippen molar-refractivity contribution in [1.29, 1.82) is 0 Å². The zero-order valence-corrected chi connectivity index (χ0v) is 17.5. The van der Waals surface area contributed by atoms with Gasteiger partial charge in [0, 0.05) is 63.1 Å². The molecular weight excluding hydrogens is 372 g/mol. The average molecular weight is 399 g/mol. The van der Waals surface area contributed by atoms with Gasteiger partial charge in [0.1, 0.15) is 0 Å². The van der Waals surface area contributed by atoms with Gasteiger partial charge in [0.05, 0.1) is 11.9 Å². The van der Waals surface area contributed by atoms with E-state index < -0.39 is 0 Å². The number of pyridine rings is 1. The number of nitrogens with zero attached hydrogens (tertiary/aromatic N) is 6. The molecule has 0 N–H and O–H groups in total. The number of fused-ring (bicyclic) bond motifs is 1. The van der Waals surface area contributed by atoms with Crippen molar-refractivity contribution in [3.8, 4) is 11.3 Å². The van der Waals surface area contributed by atoms with Crippen LogP contribution < -0.4 is 4.90 Å². The summed E-state index contributed by atoms with van der Waals surface area (Å²) in [5.41, 5.74) is 7.15. The number of aryl methyl sites for hydroxylation is 2. The van der Waals surface area contributed by atoms with Crippen LogP contribution in [0.25, 0.3) is 16.9 Å². The van der Waals surface area contributed by atoms with Crippen LogP contribution in [0.15, 0.2) is 61.3 Å². The molecule has 1 aliphatic heterocycles. The molecule has 0 unspecified atom stereocenters. The molecule has 0 bridgehead atoms. The van der Waals surface area contributed by atoms with Crippen LogP contribution in [0.2, 0.25) is 0 Å². The second kappa shape index (κ2) is 7.88. The van der Waals surface area contributed by atoms with E-state index in [2.05, 4.69) is 56.2 Å². The average Bonchev–Trinajstić information content (AvgIpc) is 3.19. The highest BCUT2D eigenvalue weighted by atomic mass is 15.3. The van der Waals surface area contributed by atoms with E-state index in [0.29, 0.717) is 0 Å². The Balaban J connectivity index is 1.33. The SMILES string of the molecule is Cc1cc(C)cc(CN2CCN(c3nccn4c(-c5ccncc5)cnc34)CC2)c1. The predicted molar refractivity (Wildman–Crippen MR) is 120 cm³/mol. The fourth-order valence-corrected chi connectivity index (χ4v) is 4.40. The van der Waals surface area contributed by atoms with Gasteiger partial charge in [0.2, 0.25) is 0 Å². The van der Waals surface area contributed by atoms with Gasteiger partial charge >= 0.3 is 0 Å². The van der Waals surface area contributed by atoms with Crippen molar-refractivity contribution in [1.82, 2.24) is 24.3 Å². The van der Waals surface area contributed by atoms with Crippen molar-refractivity contribution in [2.24, 2.45) is 0 Å². The van der Waals surface area contributed by atoms with Crippen LogP contribution >= 0.6 is 0 Å². The number of rotatable bonds is 4. The molecule has 4 aromatic rings. The Morgan fingerprint density at radius 2 is 1.60 bits per heavy atom. The van der Waals surface area contributed by atoms with Crippen LogP contribution in [-0.2, 0) is 6.54 Å². The summed E-state index contributed by atoms with van der Waals surface area (Å²) in [6.07, 6.45) is 9.40. The zero-order chi connectivity index (χ0) is 20.5. The Hall–Kier alpha value is -3.25. The molecule has 1 saturated heterocycles. The van der Waals surface area contributed by atoms with Crippen molar-refractivity contribution in [2.75, 3.05) is 31.1 Å². The lowest BCUT2D eigenvalue weighted by atomic mass is 10.1. The molecule has 1 aromatic carbocycles. The van der Waals surface area contributed by atoms with E-state index in [1.54, 1.807) is 0 Å². The zero-order valence-electron chi connectivity index (χ0n) is 17.5. The molecule has 6 nitrogen and oxygen atoms in total. The van der Waals surface area contributed by atoms with E-state index in [1.165, 1.54) is 16.7 Å². The van der Waals surface area contributed by atoms with Crippen molar-refractivity contribution >= 4 is 11.5 Å². The molecule has 0 radical (unpaired) electrons. The molecule has 1 fully saturated rings. The van der Waals surface area contributed by atoms with E-state index in [4.69, 9.17) is 4.98 Å². The summed E-state index contributed by atoms with van der Waals surface area (Å²) < 4.78 is 2.12. The van der Waals surface area contributed by atoms with Gasteiger partial charge in [-0.2, -0.15) is 0 Å². The molecule has 4 heterocycles. The first-order valence-electron chi connectivity index (χ1n) is 10.4. The predicted octanol–water partition coefficient (Wildman–Crippen LogP) is 3.73. The smallest absolute Gasteiger partial charge is 0.180 e. The molecule has 0 amide bonds. The number of benzene rings is 1. The first kappa shape index (κ1) is 18.8. The van der Waals surface area contributed by atoms with Gasteiger partial charge in [-0.15, -0.1) is 0 Å². The number of imidazole rings is 1. The maximum absolute atomic E-state index is 4.70. The molecule has 0 atom stereocenters. The van der Waals surface area contributed by atoms with Crippen LogP contribution in [0.3, 0.4) is 0 Å². The Morgan fingerprint density at radius 3 is 2.33 bits per heavy atom. The Labute approximate surface area is 176 Å². The van der Waals surface area contributed by atoms with Gasteiger partial charge in [-0.1, -0.05) is 29.3 Å². The summed E-state index contributed by atoms with van der Waals surface area (Å²) in [5.74, 6) is 0.962. The van der Waals surface area contributed by atoms with Crippen LogP contribution in [0, 0.1) is 13.8 Å². The lowest BCUT2D eigenvalue weighted by Gasteiger charge is -2.35. The third-order valence-corrected chi connectivity index (χ3v) is 5.74. The third kappa shape index (κ3) is 3.66. The molecule has 0 aliphatic carbocycles. The molecule has 0 spiro atoms. The van der Waals surface area contributed by atoms with Crippen LogP contribution in [0.1, 0.15) is 16.7 Å². The molecule has 30 heavy (non-hydrogen) atoms. The second-order valence-corrected chi connectivity index (χ2v) is 8.08. The Morgan fingerprint density at radius 1 is 0.867 bits per heavy atom.